The second-order valence-electron chi connectivity index (χ2n) is 5.87. The molecule has 2 N–H and O–H groups in total. The van der Waals surface area contributed by atoms with Gasteiger partial charge in [-0.1, -0.05) is 13.3 Å². The Morgan fingerprint density at radius 2 is 2.29 bits per heavy atom. The molecule has 1 aliphatic heterocycles. The van der Waals surface area contributed by atoms with Crippen molar-refractivity contribution in [1.29, 1.82) is 0 Å². The van der Waals surface area contributed by atoms with Gasteiger partial charge in [-0.3, -0.25) is 0 Å². The number of nitrogens with one attached hydrogen (secondary N) is 2. The predicted octanol–water partition coefficient (Wildman–Crippen LogP) is 1.78. The zero-order valence-electron chi connectivity index (χ0n) is 11.3. The van der Waals surface area contributed by atoms with Crippen LogP contribution in [-0.4, -0.2) is 39.4 Å². The van der Waals surface area contributed by atoms with Gasteiger partial charge in [0.2, 0.25) is 0 Å². The summed E-state index contributed by atoms with van der Waals surface area (Å²) in [7, 11) is 0. The zero-order valence-corrected chi connectivity index (χ0v) is 11.3. The van der Waals surface area contributed by atoms with E-state index < -0.39 is 0 Å². The molecule has 1 aliphatic carbocycles. The van der Waals surface area contributed by atoms with Crippen LogP contribution >= 0.6 is 0 Å². The third kappa shape index (κ3) is 4.57. The topological polar surface area (TPSA) is 33.3 Å². The van der Waals surface area contributed by atoms with E-state index in [1.54, 1.807) is 0 Å². The third-order valence-corrected chi connectivity index (χ3v) is 4.09. The van der Waals surface area contributed by atoms with E-state index in [4.69, 9.17) is 4.74 Å². The number of hydrogen-bond acceptors (Lipinski definition) is 3. The van der Waals surface area contributed by atoms with Gasteiger partial charge in [-0.2, -0.15) is 0 Å². The molecule has 100 valence electrons. The lowest BCUT2D eigenvalue weighted by Crippen LogP contribution is -2.37. The van der Waals surface area contributed by atoms with Crippen LogP contribution in [0.25, 0.3) is 0 Å². The van der Waals surface area contributed by atoms with Crippen LogP contribution in [0.3, 0.4) is 0 Å². The van der Waals surface area contributed by atoms with Crippen molar-refractivity contribution in [2.75, 3.05) is 39.4 Å². The monoisotopic (exact) mass is 240 g/mol. The first-order chi connectivity index (χ1) is 8.35. The van der Waals surface area contributed by atoms with Crippen molar-refractivity contribution in [2.45, 2.75) is 39.0 Å². The molecule has 0 amide bonds. The summed E-state index contributed by atoms with van der Waals surface area (Å²) >= 11 is 0. The summed E-state index contributed by atoms with van der Waals surface area (Å²) in [5, 5.41) is 7.08. The average Bonchev–Trinajstić information content (AvgIpc) is 3.04. The molecule has 0 spiro atoms. The Hall–Kier alpha value is -0.120. The second kappa shape index (κ2) is 6.72. The van der Waals surface area contributed by atoms with Crippen LogP contribution < -0.4 is 10.6 Å². The summed E-state index contributed by atoms with van der Waals surface area (Å²) in [5.74, 6) is 0.889. The molecule has 17 heavy (non-hydrogen) atoms. The molecule has 3 heteroatoms. The molecule has 1 heterocycles. The largest absolute Gasteiger partial charge is 0.380 e. The Labute approximate surface area is 106 Å². The SMILES string of the molecule is CCCC1(CNCCOCC2CC2)CCNC1. The Morgan fingerprint density at radius 1 is 1.41 bits per heavy atom. The van der Waals surface area contributed by atoms with E-state index in [1.807, 2.05) is 0 Å². The van der Waals surface area contributed by atoms with Gasteiger partial charge >= 0.3 is 0 Å². The van der Waals surface area contributed by atoms with Crippen molar-refractivity contribution in [3.63, 3.8) is 0 Å². The maximum atomic E-state index is 5.64. The Balaban J connectivity index is 1.52. The maximum absolute atomic E-state index is 5.64. The summed E-state index contributed by atoms with van der Waals surface area (Å²) in [6.45, 7) is 8.71. The fraction of sp³-hybridized carbons (Fsp3) is 1.00. The van der Waals surface area contributed by atoms with Crippen LogP contribution in [0.4, 0.5) is 0 Å². The van der Waals surface area contributed by atoms with E-state index in [1.165, 1.54) is 45.2 Å². The minimum Gasteiger partial charge on any atom is -0.380 e. The van der Waals surface area contributed by atoms with E-state index >= 15 is 0 Å². The minimum atomic E-state index is 0.519. The first kappa shape index (κ1) is 13.3. The van der Waals surface area contributed by atoms with Gasteiger partial charge in [0.25, 0.3) is 0 Å². The number of hydrogen-bond donors (Lipinski definition) is 2. The van der Waals surface area contributed by atoms with Crippen molar-refractivity contribution in [2.24, 2.45) is 11.3 Å². The molecule has 2 fully saturated rings. The van der Waals surface area contributed by atoms with Crippen LogP contribution in [0, 0.1) is 11.3 Å². The molecule has 2 rings (SSSR count). The van der Waals surface area contributed by atoms with Gasteiger partial charge in [0.1, 0.15) is 0 Å². The summed E-state index contributed by atoms with van der Waals surface area (Å²) < 4.78 is 5.64. The van der Waals surface area contributed by atoms with Crippen molar-refractivity contribution >= 4 is 0 Å². The lowest BCUT2D eigenvalue weighted by Gasteiger charge is -2.28. The highest BCUT2D eigenvalue weighted by atomic mass is 16.5. The number of ether oxygens (including phenoxy) is 1. The molecule has 1 saturated carbocycles. The van der Waals surface area contributed by atoms with Gasteiger partial charge in [0.15, 0.2) is 0 Å². The van der Waals surface area contributed by atoms with Gasteiger partial charge < -0.3 is 15.4 Å². The minimum absolute atomic E-state index is 0.519. The van der Waals surface area contributed by atoms with Crippen molar-refractivity contribution in [3.8, 4) is 0 Å². The summed E-state index contributed by atoms with van der Waals surface area (Å²) in [6.07, 6.45) is 6.74. The van der Waals surface area contributed by atoms with Gasteiger partial charge in [-0.15, -0.1) is 0 Å². The fourth-order valence-corrected chi connectivity index (χ4v) is 2.81. The number of rotatable bonds is 9. The van der Waals surface area contributed by atoms with E-state index in [9.17, 15) is 0 Å². The van der Waals surface area contributed by atoms with Crippen molar-refractivity contribution < 1.29 is 4.74 Å². The zero-order chi connectivity index (χ0) is 12.0. The quantitative estimate of drug-likeness (QED) is 0.603. The summed E-state index contributed by atoms with van der Waals surface area (Å²) in [4.78, 5) is 0. The Morgan fingerprint density at radius 3 is 2.94 bits per heavy atom. The van der Waals surface area contributed by atoms with Gasteiger partial charge in [-0.25, -0.2) is 0 Å². The molecule has 1 saturated heterocycles. The van der Waals surface area contributed by atoms with Crippen LogP contribution in [-0.2, 0) is 4.74 Å². The maximum Gasteiger partial charge on any atom is 0.0591 e. The summed E-state index contributed by atoms with van der Waals surface area (Å²) in [5.41, 5.74) is 0.519. The highest BCUT2D eigenvalue weighted by molar-refractivity contribution is 4.89. The normalized spacial score (nSPS) is 28.8. The van der Waals surface area contributed by atoms with Crippen molar-refractivity contribution in [1.82, 2.24) is 10.6 Å². The molecule has 3 nitrogen and oxygen atoms in total. The fourth-order valence-electron chi connectivity index (χ4n) is 2.81. The lowest BCUT2D eigenvalue weighted by atomic mass is 9.82. The van der Waals surface area contributed by atoms with Gasteiger partial charge in [0, 0.05) is 26.2 Å². The van der Waals surface area contributed by atoms with E-state index in [2.05, 4.69) is 17.6 Å². The molecule has 0 aromatic carbocycles. The lowest BCUT2D eigenvalue weighted by molar-refractivity contribution is 0.123. The highest BCUT2D eigenvalue weighted by Crippen LogP contribution is 2.30. The molecule has 0 bridgehead atoms. The predicted molar refractivity (Wildman–Crippen MR) is 71.2 cm³/mol. The van der Waals surface area contributed by atoms with Crippen LogP contribution in [0.5, 0.6) is 0 Å². The molecule has 2 aliphatic rings. The smallest absolute Gasteiger partial charge is 0.0591 e. The highest BCUT2D eigenvalue weighted by Gasteiger charge is 2.32. The summed E-state index contributed by atoms with van der Waals surface area (Å²) in [6, 6.07) is 0. The molecule has 0 radical (unpaired) electrons. The molecular formula is C14H28N2O. The van der Waals surface area contributed by atoms with Gasteiger partial charge in [-0.05, 0) is 43.6 Å². The molecule has 0 aromatic heterocycles. The average molecular weight is 240 g/mol. The third-order valence-electron chi connectivity index (χ3n) is 4.09. The van der Waals surface area contributed by atoms with Crippen LogP contribution in [0.1, 0.15) is 39.0 Å². The van der Waals surface area contributed by atoms with Crippen LogP contribution in [0.2, 0.25) is 0 Å². The molecule has 1 unspecified atom stereocenters. The first-order valence-electron chi connectivity index (χ1n) is 7.34. The van der Waals surface area contributed by atoms with E-state index in [0.29, 0.717) is 5.41 Å². The Bertz CT molecular complexity index is 210. The Kier molecular flexibility index (Phi) is 5.26. The second-order valence-corrected chi connectivity index (χ2v) is 5.87. The van der Waals surface area contributed by atoms with E-state index in [-0.39, 0.29) is 0 Å². The van der Waals surface area contributed by atoms with Gasteiger partial charge in [0.05, 0.1) is 6.61 Å². The van der Waals surface area contributed by atoms with E-state index in [0.717, 1.165) is 32.2 Å². The van der Waals surface area contributed by atoms with Crippen molar-refractivity contribution in [3.05, 3.63) is 0 Å². The first-order valence-corrected chi connectivity index (χ1v) is 7.34. The van der Waals surface area contributed by atoms with Crippen LogP contribution in [0.15, 0.2) is 0 Å². The standard InChI is InChI=1S/C14H28N2O/c1-2-5-14(6-7-15-11-14)12-16-8-9-17-10-13-3-4-13/h13,15-16H,2-12H2,1H3. The molecule has 0 aromatic rings. The molecule has 1 atom stereocenters. The molecular weight excluding hydrogens is 212 g/mol.